The van der Waals surface area contributed by atoms with Gasteiger partial charge in [0.2, 0.25) is 10.0 Å². The molecular weight excluding hydrogens is 368 g/mol. The number of fused-ring (bicyclic) bond motifs is 2. The summed E-state index contributed by atoms with van der Waals surface area (Å²) in [5, 5.41) is 9.71. The molecular formula is C19H24N2O5S. The van der Waals surface area contributed by atoms with Crippen molar-refractivity contribution in [2.75, 3.05) is 30.2 Å². The zero-order valence-corrected chi connectivity index (χ0v) is 16.2. The number of hydrogen-bond donors (Lipinski definition) is 1. The van der Waals surface area contributed by atoms with E-state index in [1.54, 1.807) is 23.1 Å². The van der Waals surface area contributed by atoms with Gasteiger partial charge in [0.05, 0.1) is 17.4 Å². The van der Waals surface area contributed by atoms with E-state index in [4.69, 9.17) is 0 Å². The number of likely N-dealkylation sites (tertiary alicyclic amines) is 1. The van der Waals surface area contributed by atoms with Crippen LogP contribution in [0.3, 0.4) is 0 Å². The lowest BCUT2D eigenvalue weighted by atomic mass is 9.81. The normalized spacial score (nSPS) is 27.4. The van der Waals surface area contributed by atoms with Gasteiger partial charge in [0, 0.05) is 25.2 Å². The van der Waals surface area contributed by atoms with Crippen LogP contribution in [0.25, 0.3) is 0 Å². The van der Waals surface area contributed by atoms with Crippen molar-refractivity contribution in [2.45, 2.75) is 32.1 Å². The van der Waals surface area contributed by atoms with Crippen LogP contribution in [-0.4, -0.2) is 56.2 Å². The highest BCUT2D eigenvalue weighted by Gasteiger charge is 2.55. The number of carbonyl (C=O) groups is 2. The van der Waals surface area contributed by atoms with Gasteiger partial charge in [-0.15, -0.1) is 0 Å². The molecule has 8 heteroatoms. The monoisotopic (exact) mass is 392 g/mol. The molecule has 1 aliphatic carbocycles. The van der Waals surface area contributed by atoms with E-state index >= 15 is 0 Å². The fourth-order valence-corrected chi connectivity index (χ4v) is 6.01. The molecule has 1 saturated heterocycles. The number of aryl methyl sites for hydroxylation is 1. The SMILES string of the molecule is CS(=O)(=O)N1CCCc2cc(C(=O)N3C[C@@H]4CCC[C@@]4(C(=O)O)C3)ccc21. The van der Waals surface area contributed by atoms with Crippen molar-refractivity contribution < 1.29 is 23.1 Å². The highest BCUT2D eigenvalue weighted by atomic mass is 32.2. The molecule has 2 atom stereocenters. The van der Waals surface area contributed by atoms with E-state index < -0.39 is 21.4 Å². The van der Waals surface area contributed by atoms with Gasteiger partial charge in [0.25, 0.3) is 5.91 Å². The summed E-state index contributed by atoms with van der Waals surface area (Å²) in [6, 6.07) is 5.13. The Bertz CT molecular complexity index is 913. The zero-order chi connectivity index (χ0) is 19.4. The molecule has 146 valence electrons. The number of sulfonamides is 1. The number of carboxylic acid groups (broad SMARTS) is 1. The maximum atomic E-state index is 13.0. The Morgan fingerprint density at radius 2 is 2.04 bits per heavy atom. The Balaban J connectivity index is 1.60. The number of aliphatic carboxylic acids is 1. The van der Waals surface area contributed by atoms with Crippen molar-refractivity contribution in [3.63, 3.8) is 0 Å². The average Bonchev–Trinajstić information content (AvgIpc) is 3.17. The Labute approximate surface area is 159 Å². The van der Waals surface area contributed by atoms with Crippen molar-refractivity contribution >= 4 is 27.6 Å². The molecule has 1 saturated carbocycles. The smallest absolute Gasteiger partial charge is 0.311 e. The van der Waals surface area contributed by atoms with Crippen molar-refractivity contribution in [1.82, 2.24) is 4.90 Å². The predicted octanol–water partition coefficient (Wildman–Crippen LogP) is 1.73. The number of hydrogen-bond acceptors (Lipinski definition) is 4. The first-order valence-corrected chi connectivity index (χ1v) is 11.2. The van der Waals surface area contributed by atoms with Crippen LogP contribution in [0.4, 0.5) is 5.69 Å². The second kappa shape index (κ2) is 6.22. The third-order valence-corrected chi connectivity index (χ3v) is 7.57. The Morgan fingerprint density at radius 1 is 1.26 bits per heavy atom. The molecule has 27 heavy (non-hydrogen) atoms. The third-order valence-electron chi connectivity index (χ3n) is 6.39. The van der Waals surface area contributed by atoms with Crippen molar-refractivity contribution in [3.05, 3.63) is 29.3 Å². The lowest BCUT2D eigenvalue weighted by Gasteiger charge is -2.29. The van der Waals surface area contributed by atoms with Crippen molar-refractivity contribution in [3.8, 4) is 0 Å². The van der Waals surface area contributed by atoms with Gasteiger partial charge in [-0.1, -0.05) is 6.42 Å². The standard InChI is InChI=1S/C19H24N2O5S/c1-27(25,26)21-9-3-4-13-10-14(6-7-16(13)21)17(22)20-11-15-5-2-8-19(15,12-20)18(23)24/h6-7,10,15H,2-5,8-9,11-12H2,1H3,(H,23,24)/t15-,19+/m0/s1. The van der Waals surface area contributed by atoms with E-state index in [1.165, 1.54) is 10.6 Å². The fourth-order valence-electron chi connectivity index (χ4n) is 5.02. The molecule has 0 unspecified atom stereocenters. The molecule has 7 nitrogen and oxygen atoms in total. The molecule has 1 aromatic carbocycles. The summed E-state index contributed by atoms with van der Waals surface area (Å²) in [4.78, 5) is 26.5. The summed E-state index contributed by atoms with van der Waals surface area (Å²) in [5.74, 6) is -0.934. The molecule has 2 fully saturated rings. The lowest BCUT2D eigenvalue weighted by molar-refractivity contribution is -0.149. The number of rotatable bonds is 3. The molecule has 0 spiro atoms. The first kappa shape index (κ1) is 18.3. The quantitative estimate of drug-likeness (QED) is 0.845. The van der Waals surface area contributed by atoms with Crippen LogP contribution >= 0.6 is 0 Å². The highest BCUT2D eigenvalue weighted by molar-refractivity contribution is 7.92. The molecule has 2 aliphatic heterocycles. The largest absolute Gasteiger partial charge is 0.481 e. The molecule has 0 aromatic heterocycles. The number of nitrogens with zero attached hydrogens (tertiary/aromatic N) is 2. The number of carbonyl (C=O) groups excluding carboxylic acids is 1. The predicted molar refractivity (Wildman–Crippen MR) is 100 cm³/mol. The zero-order valence-electron chi connectivity index (χ0n) is 15.3. The van der Waals surface area contributed by atoms with Crippen LogP contribution in [0.5, 0.6) is 0 Å². The molecule has 0 radical (unpaired) electrons. The Morgan fingerprint density at radius 3 is 2.70 bits per heavy atom. The number of anilines is 1. The Kier molecular flexibility index (Phi) is 4.21. The Hall–Kier alpha value is -2.09. The van der Waals surface area contributed by atoms with Crippen LogP contribution in [-0.2, 0) is 21.2 Å². The van der Waals surface area contributed by atoms with Crippen LogP contribution in [0, 0.1) is 11.3 Å². The van der Waals surface area contributed by atoms with E-state index in [0.29, 0.717) is 37.2 Å². The van der Waals surface area contributed by atoms with E-state index in [0.717, 1.165) is 24.8 Å². The first-order valence-electron chi connectivity index (χ1n) is 9.36. The number of amides is 1. The van der Waals surface area contributed by atoms with Crippen molar-refractivity contribution in [1.29, 1.82) is 0 Å². The van der Waals surface area contributed by atoms with Gasteiger partial charge in [-0.3, -0.25) is 13.9 Å². The summed E-state index contributed by atoms with van der Waals surface area (Å²) < 4.78 is 25.4. The first-order chi connectivity index (χ1) is 12.7. The number of carboxylic acids is 1. The minimum atomic E-state index is -3.34. The van der Waals surface area contributed by atoms with E-state index in [2.05, 4.69) is 0 Å². The van der Waals surface area contributed by atoms with Gasteiger partial charge in [0.15, 0.2) is 0 Å². The van der Waals surface area contributed by atoms with Gasteiger partial charge < -0.3 is 10.0 Å². The van der Waals surface area contributed by atoms with Gasteiger partial charge in [-0.25, -0.2) is 8.42 Å². The summed E-state index contributed by atoms with van der Waals surface area (Å²) in [7, 11) is -3.34. The summed E-state index contributed by atoms with van der Waals surface area (Å²) in [6.45, 7) is 1.20. The fraction of sp³-hybridized carbons (Fsp3) is 0.579. The molecule has 1 N–H and O–H groups in total. The maximum absolute atomic E-state index is 13.0. The summed E-state index contributed by atoms with van der Waals surface area (Å²) in [5.41, 5.74) is 1.20. The van der Waals surface area contributed by atoms with Crippen LogP contribution in [0.1, 0.15) is 41.6 Å². The molecule has 4 rings (SSSR count). The van der Waals surface area contributed by atoms with Crippen molar-refractivity contribution in [2.24, 2.45) is 11.3 Å². The maximum Gasteiger partial charge on any atom is 0.311 e. The topological polar surface area (TPSA) is 95.0 Å². The highest BCUT2D eigenvalue weighted by Crippen LogP contribution is 2.49. The van der Waals surface area contributed by atoms with Crippen LogP contribution < -0.4 is 4.31 Å². The van der Waals surface area contributed by atoms with Crippen LogP contribution in [0.2, 0.25) is 0 Å². The minimum absolute atomic E-state index is 0.0253. The lowest BCUT2D eigenvalue weighted by Crippen LogP contribution is -2.37. The molecule has 3 aliphatic rings. The van der Waals surface area contributed by atoms with E-state index in [-0.39, 0.29) is 18.4 Å². The number of benzene rings is 1. The van der Waals surface area contributed by atoms with E-state index in [9.17, 15) is 23.1 Å². The van der Waals surface area contributed by atoms with Gasteiger partial charge in [-0.2, -0.15) is 0 Å². The van der Waals surface area contributed by atoms with Gasteiger partial charge in [-0.05, 0) is 55.4 Å². The molecule has 1 amide bonds. The summed E-state index contributed by atoms with van der Waals surface area (Å²) in [6.07, 6.45) is 5.01. The second-order valence-corrected chi connectivity index (χ2v) is 9.93. The summed E-state index contributed by atoms with van der Waals surface area (Å²) >= 11 is 0. The molecule has 2 heterocycles. The van der Waals surface area contributed by atoms with E-state index in [1.807, 2.05) is 0 Å². The van der Waals surface area contributed by atoms with Gasteiger partial charge >= 0.3 is 5.97 Å². The van der Waals surface area contributed by atoms with Gasteiger partial charge in [0.1, 0.15) is 0 Å². The third kappa shape index (κ3) is 2.90. The molecule has 1 aromatic rings. The minimum Gasteiger partial charge on any atom is -0.481 e. The molecule has 0 bridgehead atoms. The second-order valence-electron chi connectivity index (χ2n) is 8.02. The van der Waals surface area contributed by atoms with Crippen LogP contribution in [0.15, 0.2) is 18.2 Å². The average molecular weight is 392 g/mol.